The summed E-state index contributed by atoms with van der Waals surface area (Å²) < 4.78 is 27.1. The van der Waals surface area contributed by atoms with Crippen molar-refractivity contribution in [3.8, 4) is 0 Å². The van der Waals surface area contributed by atoms with Crippen LogP contribution in [0.4, 0.5) is 11.4 Å². The van der Waals surface area contributed by atoms with E-state index in [1.807, 2.05) is 0 Å². The molecule has 0 aliphatic heterocycles. The van der Waals surface area contributed by atoms with Crippen molar-refractivity contribution >= 4 is 60.3 Å². The van der Waals surface area contributed by atoms with Crippen molar-refractivity contribution in [3.05, 3.63) is 33.3 Å². The Labute approximate surface area is 121 Å². The first kappa shape index (κ1) is 13.6. The zero-order chi connectivity index (χ0) is 13.3. The van der Waals surface area contributed by atoms with Crippen LogP contribution in [-0.4, -0.2) is 13.4 Å². The van der Waals surface area contributed by atoms with Gasteiger partial charge in [-0.1, -0.05) is 11.6 Å². The molecule has 0 fully saturated rings. The fraction of sp³-hybridized carbons (Fsp3) is 0. The summed E-state index contributed by atoms with van der Waals surface area (Å²) in [5.74, 6) is 0. The Morgan fingerprint density at radius 2 is 2.17 bits per heavy atom. The van der Waals surface area contributed by atoms with Crippen LogP contribution < -0.4 is 10.5 Å². The largest absolute Gasteiger partial charge is 0.398 e. The van der Waals surface area contributed by atoms with Crippen LogP contribution in [0.3, 0.4) is 0 Å². The zero-order valence-corrected chi connectivity index (χ0v) is 12.7. The van der Waals surface area contributed by atoms with E-state index < -0.39 is 10.0 Å². The van der Waals surface area contributed by atoms with Crippen LogP contribution in [0, 0.1) is 0 Å². The van der Waals surface area contributed by atoms with Crippen LogP contribution in [0.1, 0.15) is 0 Å². The summed E-state index contributed by atoms with van der Waals surface area (Å²) in [6.45, 7) is 0. The number of aromatic nitrogens is 1. The Morgan fingerprint density at radius 3 is 2.78 bits per heavy atom. The SMILES string of the molecule is Nc1csc(S(=O)(=O)Nc2cc(Br)cnc2Cl)c1. The number of rotatable bonds is 3. The van der Waals surface area contributed by atoms with Crippen LogP contribution >= 0.6 is 38.9 Å². The van der Waals surface area contributed by atoms with Gasteiger partial charge >= 0.3 is 0 Å². The van der Waals surface area contributed by atoms with Gasteiger partial charge in [0.15, 0.2) is 5.15 Å². The Kier molecular flexibility index (Phi) is 3.81. The lowest BCUT2D eigenvalue weighted by atomic mass is 10.4. The lowest BCUT2D eigenvalue weighted by Gasteiger charge is -2.07. The van der Waals surface area contributed by atoms with Crippen molar-refractivity contribution in [2.45, 2.75) is 4.21 Å². The molecule has 0 saturated carbocycles. The third kappa shape index (κ3) is 2.94. The molecule has 2 aromatic rings. The second kappa shape index (κ2) is 5.04. The van der Waals surface area contributed by atoms with Gasteiger partial charge in [-0.25, -0.2) is 13.4 Å². The minimum absolute atomic E-state index is 0.0753. The minimum atomic E-state index is -3.69. The van der Waals surface area contributed by atoms with Crippen LogP contribution in [0.15, 0.2) is 32.4 Å². The first-order chi connectivity index (χ1) is 8.38. The number of pyridine rings is 1. The van der Waals surface area contributed by atoms with E-state index in [1.54, 1.807) is 5.38 Å². The predicted molar refractivity (Wildman–Crippen MR) is 76.5 cm³/mol. The molecule has 0 aliphatic rings. The van der Waals surface area contributed by atoms with Gasteiger partial charge in [-0.05, 0) is 28.1 Å². The van der Waals surface area contributed by atoms with Gasteiger partial charge in [0.05, 0.1) is 5.69 Å². The Balaban J connectivity index is 2.36. The van der Waals surface area contributed by atoms with Crippen LogP contribution in [-0.2, 0) is 10.0 Å². The highest BCUT2D eigenvalue weighted by atomic mass is 79.9. The normalized spacial score (nSPS) is 11.4. The van der Waals surface area contributed by atoms with Gasteiger partial charge in [-0.3, -0.25) is 4.72 Å². The summed E-state index contributed by atoms with van der Waals surface area (Å²) in [4.78, 5) is 3.83. The average Bonchev–Trinajstić information content (AvgIpc) is 2.71. The summed E-state index contributed by atoms with van der Waals surface area (Å²) >= 11 is 10.0. The maximum atomic E-state index is 12.0. The van der Waals surface area contributed by atoms with E-state index in [-0.39, 0.29) is 15.0 Å². The number of nitrogen functional groups attached to an aromatic ring is 1. The molecule has 0 bridgehead atoms. The van der Waals surface area contributed by atoms with Gasteiger partial charge in [0, 0.05) is 21.7 Å². The molecule has 2 aromatic heterocycles. The minimum Gasteiger partial charge on any atom is -0.398 e. The molecular weight excluding hydrogens is 362 g/mol. The highest BCUT2D eigenvalue weighted by Crippen LogP contribution is 2.28. The number of anilines is 2. The molecule has 0 unspecified atom stereocenters. The third-order valence-corrected chi connectivity index (χ3v) is 5.47. The second-order valence-electron chi connectivity index (χ2n) is 3.30. The van der Waals surface area contributed by atoms with Crippen LogP contribution in [0.2, 0.25) is 5.15 Å². The lowest BCUT2D eigenvalue weighted by Crippen LogP contribution is -2.12. The zero-order valence-electron chi connectivity index (χ0n) is 8.72. The van der Waals surface area contributed by atoms with E-state index in [9.17, 15) is 8.42 Å². The molecule has 0 atom stereocenters. The number of nitrogens with one attached hydrogen (secondary N) is 1. The average molecular weight is 369 g/mol. The monoisotopic (exact) mass is 367 g/mol. The molecule has 0 spiro atoms. The van der Waals surface area contributed by atoms with Crippen LogP contribution in [0.25, 0.3) is 0 Å². The van der Waals surface area contributed by atoms with Crippen molar-refractivity contribution in [1.29, 1.82) is 0 Å². The van der Waals surface area contributed by atoms with Crippen LogP contribution in [0.5, 0.6) is 0 Å². The Morgan fingerprint density at radius 1 is 1.44 bits per heavy atom. The summed E-state index contributed by atoms with van der Waals surface area (Å²) in [6.07, 6.45) is 1.48. The van der Waals surface area contributed by atoms with E-state index in [2.05, 4.69) is 25.6 Å². The Bertz CT molecular complexity index is 687. The van der Waals surface area contributed by atoms with Gasteiger partial charge < -0.3 is 5.73 Å². The fourth-order valence-electron chi connectivity index (χ4n) is 1.16. The lowest BCUT2D eigenvalue weighted by molar-refractivity contribution is 0.603. The van der Waals surface area contributed by atoms with Gasteiger partial charge in [-0.2, -0.15) is 0 Å². The summed E-state index contributed by atoms with van der Waals surface area (Å²) in [6, 6.07) is 2.91. The number of hydrogen-bond donors (Lipinski definition) is 2. The molecule has 0 aliphatic carbocycles. The maximum absolute atomic E-state index is 12.0. The smallest absolute Gasteiger partial charge is 0.271 e. The molecule has 9 heteroatoms. The van der Waals surface area contributed by atoms with Crippen molar-refractivity contribution in [2.75, 3.05) is 10.5 Å². The highest BCUT2D eigenvalue weighted by Gasteiger charge is 2.18. The Hall–Kier alpha value is -0.830. The van der Waals surface area contributed by atoms with Gasteiger partial charge in [-0.15, -0.1) is 11.3 Å². The number of thiophene rings is 1. The van der Waals surface area contributed by atoms with E-state index >= 15 is 0 Å². The first-order valence-electron chi connectivity index (χ1n) is 4.56. The number of halogens is 2. The quantitative estimate of drug-likeness (QED) is 0.816. The highest BCUT2D eigenvalue weighted by molar-refractivity contribution is 9.10. The summed E-state index contributed by atoms with van der Waals surface area (Å²) in [5, 5.41) is 1.63. The molecule has 0 radical (unpaired) electrons. The standard InChI is InChI=1S/C9H7BrClN3O2S2/c10-5-1-7(9(11)13-3-5)14-18(15,16)8-2-6(12)4-17-8/h1-4,14H,12H2. The predicted octanol–water partition coefficient (Wildman–Crippen LogP) is 2.94. The topological polar surface area (TPSA) is 85.1 Å². The van der Waals surface area contributed by atoms with Crippen molar-refractivity contribution in [3.63, 3.8) is 0 Å². The van der Waals surface area contributed by atoms with E-state index in [1.165, 1.54) is 18.3 Å². The molecular formula is C9H7BrClN3O2S2. The fourth-order valence-corrected chi connectivity index (χ4v) is 3.84. The maximum Gasteiger partial charge on any atom is 0.271 e. The third-order valence-electron chi connectivity index (χ3n) is 1.91. The number of sulfonamides is 1. The molecule has 5 nitrogen and oxygen atoms in total. The number of hydrogen-bond acceptors (Lipinski definition) is 5. The molecule has 18 heavy (non-hydrogen) atoms. The van der Waals surface area contributed by atoms with Crippen molar-refractivity contribution in [1.82, 2.24) is 4.98 Å². The number of nitrogens with two attached hydrogens (primary N) is 1. The molecule has 96 valence electrons. The van der Waals surface area contributed by atoms with E-state index in [0.29, 0.717) is 10.2 Å². The second-order valence-corrected chi connectivity index (χ2v) is 7.39. The van der Waals surface area contributed by atoms with Crippen molar-refractivity contribution in [2.24, 2.45) is 0 Å². The first-order valence-corrected chi connectivity index (χ1v) is 8.10. The van der Waals surface area contributed by atoms with Gasteiger partial charge in [0.2, 0.25) is 0 Å². The van der Waals surface area contributed by atoms with E-state index in [0.717, 1.165) is 11.3 Å². The van der Waals surface area contributed by atoms with Crippen molar-refractivity contribution < 1.29 is 8.42 Å². The summed E-state index contributed by atoms with van der Waals surface area (Å²) in [5.41, 5.74) is 6.10. The molecule has 2 rings (SSSR count). The van der Waals surface area contributed by atoms with Gasteiger partial charge in [0.25, 0.3) is 10.0 Å². The molecule has 0 saturated heterocycles. The molecule has 0 aromatic carbocycles. The van der Waals surface area contributed by atoms with Gasteiger partial charge in [0.1, 0.15) is 4.21 Å². The molecule has 0 amide bonds. The van der Waals surface area contributed by atoms with E-state index in [4.69, 9.17) is 17.3 Å². The number of nitrogens with zero attached hydrogens (tertiary/aromatic N) is 1. The summed E-state index contributed by atoms with van der Waals surface area (Å²) in [7, 11) is -3.69. The molecule has 3 N–H and O–H groups in total. The molecule has 2 heterocycles.